The molecule has 1 atom stereocenters. The van der Waals surface area contributed by atoms with Gasteiger partial charge in [-0.05, 0) is 52.8 Å². The molecule has 2 heterocycles. The maximum Gasteiger partial charge on any atom is 0.0597 e. The predicted octanol–water partition coefficient (Wildman–Crippen LogP) is 2.18. The van der Waals surface area contributed by atoms with Crippen molar-refractivity contribution in [3.05, 3.63) is 17.5 Å². The zero-order valence-corrected chi connectivity index (χ0v) is 12.9. The molecule has 1 aromatic rings. The first-order valence-electron chi connectivity index (χ1n) is 7.57. The van der Waals surface area contributed by atoms with Crippen LogP contribution in [0.1, 0.15) is 45.0 Å². The number of hydrogen-bond acceptors (Lipinski definition) is 3. The summed E-state index contributed by atoms with van der Waals surface area (Å²) in [7, 11) is 0. The fraction of sp³-hybridized carbons (Fsp3) is 0.800. The summed E-state index contributed by atoms with van der Waals surface area (Å²) in [6.45, 7) is 14.3. The van der Waals surface area contributed by atoms with Gasteiger partial charge in [0.05, 0.1) is 11.4 Å². The molecule has 0 aliphatic carbocycles. The van der Waals surface area contributed by atoms with Crippen molar-refractivity contribution in [1.82, 2.24) is 20.0 Å². The molecule has 1 unspecified atom stereocenters. The first kappa shape index (κ1) is 14.5. The average Bonchev–Trinajstić information content (AvgIpc) is 2.62. The highest BCUT2D eigenvalue weighted by molar-refractivity contribution is 5.09. The maximum absolute atomic E-state index is 4.55. The summed E-state index contributed by atoms with van der Waals surface area (Å²) in [6.07, 6.45) is 2.41. The lowest BCUT2D eigenvalue weighted by molar-refractivity contribution is 0.204. The first-order chi connectivity index (χ1) is 9.06. The van der Waals surface area contributed by atoms with Crippen LogP contribution in [0.4, 0.5) is 0 Å². The van der Waals surface area contributed by atoms with Crippen LogP contribution < -0.4 is 5.32 Å². The molecule has 1 N–H and O–H groups in total. The van der Waals surface area contributed by atoms with Gasteiger partial charge in [-0.1, -0.05) is 6.92 Å². The monoisotopic (exact) mass is 264 g/mol. The second kappa shape index (κ2) is 6.06. The van der Waals surface area contributed by atoms with Crippen LogP contribution >= 0.6 is 0 Å². The molecule has 0 radical (unpaired) electrons. The van der Waals surface area contributed by atoms with Crippen molar-refractivity contribution in [1.29, 1.82) is 0 Å². The van der Waals surface area contributed by atoms with Gasteiger partial charge in [-0.3, -0.25) is 9.58 Å². The average molecular weight is 264 g/mol. The molecule has 108 valence electrons. The third-order valence-electron chi connectivity index (χ3n) is 4.23. The van der Waals surface area contributed by atoms with E-state index in [2.05, 4.69) is 53.8 Å². The molecule has 0 amide bonds. The summed E-state index contributed by atoms with van der Waals surface area (Å²) >= 11 is 0. The molecule has 1 saturated heterocycles. The Morgan fingerprint density at radius 3 is 2.89 bits per heavy atom. The Labute approximate surface area is 117 Å². The minimum Gasteiger partial charge on any atom is -0.310 e. The Bertz CT molecular complexity index is 412. The van der Waals surface area contributed by atoms with Gasteiger partial charge in [-0.25, -0.2) is 0 Å². The zero-order chi connectivity index (χ0) is 13.9. The van der Waals surface area contributed by atoms with Gasteiger partial charge in [0.25, 0.3) is 0 Å². The van der Waals surface area contributed by atoms with Crippen LogP contribution in [-0.2, 0) is 13.1 Å². The van der Waals surface area contributed by atoms with Gasteiger partial charge in [-0.15, -0.1) is 0 Å². The van der Waals surface area contributed by atoms with Crippen LogP contribution in [-0.4, -0.2) is 39.9 Å². The van der Waals surface area contributed by atoms with Gasteiger partial charge >= 0.3 is 0 Å². The summed E-state index contributed by atoms with van der Waals surface area (Å²) in [5, 5.41) is 8.24. The molecule has 4 heteroatoms. The molecule has 0 bridgehead atoms. The Morgan fingerprint density at radius 1 is 1.42 bits per heavy atom. The summed E-state index contributed by atoms with van der Waals surface area (Å²) in [5.74, 6) is 0. The smallest absolute Gasteiger partial charge is 0.0597 e. The molecule has 1 aliphatic rings. The van der Waals surface area contributed by atoms with E-state index in [4.69, 9.17) is 0 Å². The molecular weight excluding hydrogens is 236 g/mol. The molecule has 0 spiro atoms. The van der Waals surface area contributed by atoms with Crippen molar-refractivity contribution in [3.8, 4) is 0 Å². The topological polar surface area (TPSA) is 33.1 Å². The molecular formula is C15H28N4. The van der Waals surface area contributed by atoms with E-state index in [1.807, 2.05) is 0 Å². The lowest BCUT2D eigenvalue weighted by atomic mass is 9.98. The number of aromatic nitrogens is 2. The Kier molecular flexibility index (Phi) is 4.63. The highest BCUT2D eigenvalue weighted by atomic mass is 15.3. The van der Waals surface area contributed by atoms with E-state index >= 15 is 0 Å². The highest BCUT2D eigenvalue weighted by Crippen LogP contribution is 2.17. The third-order valence-corrected chi connectivity index (χ3v) is 4.23. The van der Waals surface area contributed by atoms with Crippen LogP contribution in [0.3, 0.4) is 0 Å². The minimum atomic E-state index is 0.253. The van der Waals surface area contributed by atoms with E-state index in [9.17, 15) is 0 Å². The second-order valence-electron chi connectivity index (χ2n) is 6.00. The molecule has 0 aromatic carbocycles. The Hall–Kier alpha value is -0.870. The van der Waals surface area contributed by atoms with E-state index in [1.54, 1.807) is 0 Å². The SMILES string of the molecule is CCn1nc(C)cc1CN1CCCNC(C)(CC)C1. The Balaban J connectivity index is 2.08. The normalized spacial score (nSPS) is 25.5. The Morgan fingerprint density at radius 2 is 2.21 bits per heavy atom. The lowest BCUT2D eigenvalue weighted by Gasteiger charge is -2.32. The van der Waals surface area contributed by atoms with Gasteiger partial charge in [0.2, 0.25) is 0 Å². The van der Waals surface area contributed by atoms with Crippen LogP contribution in [0.2, 0.25) is 0 Å². The van der Waals surface area contributed by atoms with Crippen LogP contribution in [0.5, 0.6) is 0 Å². The molecule has 0 saturated carbocycles. The van der Waals surface area contributed by atoms with Crippen LogP contribution in [0.25, 0.3) is 0 Å². The number of nitrogens with zero attached hydrogens (tertiary/aromatic N) is 3. The fourth-order valence-corrected chi connectivity index (χ4v) is 2.92. The standard InChI is InChI=1S/C15H28N4/c1-5-15(4)12-18(9-7-8-16-15)11-14-10-13(3)17-19(14)6-2/h10,16H,5-9,11-12H2,1-4H3. The van der Waals surface area contributed by atoms with Gasteiger partial charge in [-0.2, -0.15) is 5.10 Å². The summed E-state index contributed by atoms with van der Waals surface area (Å²) in [4.78, 5) is 2.58. The van der Waals surface area contributed by atoms with Gasteiger partial charge in [0, 0.05) is 25.2 Å². The van der Waals surface area contributed by atoms with Crippen molar-refractivity contribution in [2.45, 2.75) is 59.2 Å². The first-order valence-corrected chi connectivity index (χ1v) is 7.57. The quantitative estimate of drug-likeness (QED) is 0.905. The molecule has 4 nitrogen and oxygen atoms in total. The predicted molar refractivity (Wildman–Crippen MR) is 79.2 cm³/mol. The number of aryl methyl sites for hydroxylation is 2. The van der Waals surface area contributed by atoms with Crippen molar-refractivity contribution < 1.29 is 0 Å². The van der Waals surface area contributed by atoms with Gasteiger partial charge < -0.3 is 5.32 Å². The summed E-state index contributed by atoms with van der Waals surface area (Å²) in [5.41, 5.74) is 2.73. The van der Waals surface area contributed by atoms with E-state index in [-0.39, 0.29) is 5.54 Å². The molecule has 1 aliphatic heterocycles. The number of rotatable bonds is 4. The molecule has 1 fully saturated rings. The number of hydrogen-bond donors (Lipinski definition) is 1. The third kappa shape index (κ3) is 3.57. The molecule has 1 aromatic heterocycles. The van der Waals surface area contributed by atoms with E-state index in [1.165, 1.54) is 25.1 Å². The van der Waals surface area contributed by atoms with Crippen molar-refractivity contribution in [3.63, 3.8) is 0 Å². The number of nitrogens with one attached hydrogen (secondary N) is 1. The molecule has 2 rings (SSSR count). The second-order valence-corrected chi connectivity index (χ2v) is 6.00. The molecule has 19 heavy (non-hydrogen) atoms. The van der Waals surface area contributed by atoms with Crippen molar-refractivity contribution in [2.75, 3.05) is 19.6 Å². The maximum atomic E-state index is 4.55. The zero-order valence-electron chi connectivity index (χ0n) is 12.9. The lowest BCUT2D eigenvalue weighted by Crippen LogP contribution is -2.48. The van der Waals surface area contributed by atoms with Crippen molar-refractivity contribution in [2.24, 2.45) is 0 Å². The van der Waals surface area contributed by atoms with Gasteiger partial charge in [0.15, 0.2) is 0 Å². The van der Waals surface area contributed by atoms with Crippen LogP contribution in [0.15, 0.2) is 6.07 Å². The van der Waals surface area contributed by atoms with E-state index in [0.29, 0.717) is 0 Å². The van der Waals surface area contributed by atoms with Crippen LogP contribution in [0, 0.1) is 6.92 Å². The summed E-state index contributed by atoms with van der Waals surface area (Å²) < 4.78 is 2.14. The summed E-state index contributed by atoms with van der Waals surface area (Å²) in [6, 6.07) is 2.23. The highest BCUT2D eigenvalue weighted by Gasteiger charge is 2.27. The largest absolute Gasteiger partial charge is 0.310 e. The fourth-order valence-electron chi connectivity index (χ4n) is 2.92. The van der Waals surface area contributed by atoms with E-state index in [0.717, 1.165) is 31.9 Å². The minimum absolute atomic E-state index is 0.253. The van der Waals surface area contributed by atoms with Crippen molar-refractivity contribution >= 4 is 0 Å². The van der Waals surface area contributed by atoms with Gasteiger partial charge in [0.1, 0.15) is 0 Å². The van der Waals surface area contributed by atoms with E-state index < -0.39 is 0 Å².